The summed E-state index contributed by atoms with van der Waals surface area (Å²) in [6.07, 6.45) is 0. The van der Waals surface area contributed by atoms with Crippen LogP contribution in [0, 0.1) is 13.8 Å². The molecule has 0 spiro atoms. The van der Waals surface area contributed by atoms with E-state index in [2.05, 4.69) is 10.6 Å². The number of hydrogen-bond acceptors (Lipinski definition) is 6. The standard InChI is InChI=1S/C31H30N2O4S2/c1-5-37-31(36)27-26(22-13-9-19(2)10-14-22)18-38-30(27)33-28(34)21(4)39-25-8-6-7-24(17-25)32-29(35)23-15-11-20(3)12-16-23/h6-18,21H,5H2,1-4H3,(H,32,35)(H,33,34). The van der Waals surface area contributed by atoms with Gasteiger partial charge in [-0.25, -0.2) is 4.79 Å². The lowest BCUT2D eigenvalue weighted by molar-refractivity contribution is -0.115. The molecule has 0 aliphatic carbocycles. The first-order valence-electron chi connectivity index (χ1n) is 12.6. The van der Waals surface area contributed by atoms with Crippen molar-refractivity contribution in [1.29, 1.82) is 0 Å². The number of hydrogen-bond donors (Lipinski definition) is 2. The fourth-order valence-electron chi connectivity index (χ4n) is 3.83. The molecule has 0 radical (unpaired) electrons. The number of amides is 2. The average molecular weight is 559 g/mol. The average Bonchev–Trinajstić information content (AvgIpc) is 3.33. The zero-order valence-electron chi connectivity index (χ0n) is 22.2. The molecule has 200 valence electrons. The minimum absolute atomic E-state index is 0.198. The van der Waals surface area contributed by atoms with E-state index < -0.39 is 11.2 Å². The molecule has 1 atom stereocenters. The molecule has 0 saturated carbocycles. The summed E-state index contributed by atoms with van der Waals surface area (Å²) < 4.78 is 5.31. The quantitative estimate of drug-likeness (QED) is 0.163. The van der Waals surface area contributed by atoms with Crippen molar-refractivity contribution in [3.05, 3.63) is 100 Å². The van der Waals surface area contributed by atoms with Crippen molar-refractivity contribution in [2.45, 2.75) is 37.8 Å². The Kier molecular flexibility index (Phi) is 9.22. The van der Waals surface area contributed by atoms with Crippen LogP contribution in [-0.4, -0.2) is 29.6 Å². The number of thiophene rings is 1. The van der Waals surface area contributed by atoms with E-state index in [-0.39, 0.29) is 18.4 Å². The smallest absolute Gasteiger partial charge is 0.341 e. The molecule has 8 heteroatoms. The Labute approximate surface area is 236 Å². The molecular weight excluding hydrogens is 528 g/mol. The molecule has 4 rings (SSSR count). The highest BCUT2D eigenvalue weighted by Crippen LogP contribution is 2.37. The molecule has 0 saturated heterocycles. The van der Waals surface area contributed by atoms with E-state index in [1.54, 1.807) is 26.0 Å². The lowest BCUT2D eigenvalue weighted by Gasteiger charge is -2.14. The third kappa shape index (κ3) is 7.16. The number of ether oxygens (including phenoxy) is 1. The van der Waals surface area contributed by atoms with Gasteiger partial charge >= 0.3 is 5.97 Å². The Morgan fingerprint density at radius 2 is 1.59 bits per heavy atom. The molecule has 0 bridgehead atoms. The third-order valence-electron chi connectivity index (χ3n) is 5.96. The lowest BCUT2D eigenvalue weighted by atomic mass is 10.0. The van der Waals surface area contributed by atoms with Crippen molar-refractivity contribution in [2.75, 3.05) is 17.2 Å². The molecule has 6 nitrogen and oxygen atoms in total. The first kappa shape index (κ1) is 28.1. The number of rotatable bonds is 9. The zero-order valence-corrected chi connectivity index (χ0v) is 23.9. The van der Waals surface area contributed by atoms with Gasteiger partial charge in [0.1, 0.15) is 10.6 Å². The fourth-order valence-corrected chi connectivity index (χ4v) is 5.71. The number of esters is 1. The Morgan fingerprint density at radius 3 is 2.26 bits per heavy atom. The number of aryl methyl sites for hydroxylation is 2. The second-order valence-electron chi connectivity index (χ2n) is 9.04. The maximum atomic E-state index is 13.2. The molecule has 1 aromatic heterocycles. The predicted molar refractivity (Wildman–Crippen MR) is 160 cm³/mol. The van der Waals surface area contributed by atoms with Crippen LogP contribution in [0.2, 0.25) is 0 Å². The highest BCUT2D eigenvalue weighted by molar-refractivity contribution is 8.00. The minimum atomic E-state index is -0.470. The van der Waals surface area contributed by atoms with Gasteiger partial charge in [0.2, 0.25) is 5.91 Å². The number of thioether (sulfide) groups is 1. The Balaban J connectivity index is 1.46. The first-order valence-corrected chi connectivity index (χ1v) is 14.3. The molecular formula is C31H30N2O4S2. The summed E-state index contributed by atoms with van der Waals surface area (Å²) in [6.45, 7) is 7.76. The zero-order chi connectivity index (χ0) is 27.9. The van der Waals surface area contributed by atoms with E-state index in [1.165, 1.54) is 23.1 Å². The van der Waals surface area contributed by atoms with Crippen LogP contribution >= 0.6 is 23.1 Å². The topological polar surface area (TPSA) is 84.5 Å². The molecule has 0 fully saturated rings. The van der Waals surface area contributed by atoms with Crippen LogP contribution < -0.4 is 10.6 Å². The predicted octanol–water partition coefficient (Wildman–Crippen LogP) is 7.58. The molecule has 1 unspecified atom stereocenters. The number of benzene rings is 3. The van der Waals surface area contributed by atoms with Crippen LogP contribution in [-0.2, 0) is 9.53 Å². The van der Waals surface area contributed by atoms with E-state index in [9.17, 15) is 14.4 Å². The van der Waals surface area contributed by atoms with Crippen molar-refractivity contribution in [3.8, 4) is 11.1 Å². The minimum Gasteiger partial charge on any atom is -0.462 e. The van der Waals surface area contributed by atoms with Gasteiger partial charge in [-0.05, 0) is 63.6 Å². The molecule has 2 N–H and O–H groups in total. The lowest BCUT2D eigenvalue weighted by Crippen LogP contribution is -2.23. The maximum absolute atomic E-state index is 13.2. The van der Waals surface area contributed by atoms with E-state index in [0.29, 0.717) is 21.8 Å². The van der Waals surface area contributed by atoms with Crippen LogP contribution in [0.4, 0.5) is 10.7 Å². The summed E-state index contributed by atoms with van der Waals surface area (Å²) in [7, 11) is 0. The summed E-state index contributed by atoms with van der Waals surface area (Å²) in [5.74, 6) is -0.907. The Bertz CT molecular complexity index is 1480. The van der Waals surface area contributed by atoms with E-state index in [0.717, 1.165) is 27.1 Å². The fraction of sp³-hybridized carbons (Fsp3) is 0.194. The van der Waals surface area contributed by atoms with Crippen molar-refractivity contribution in [2.24, 2.45) is 0 Å². The van der Waals surface area contributed by atoms with Gasteiger partial charge in [0.05, 0.1) is 11.9 Å². The first-order chi connectivity index (χ1) is 18.7. The van der Waals surface area contributed by atoms with Gasteiger partial charge in [-0.15, -0.1) is 23.1 Å². The SMILES string of the molecule is CCOC(=O)c1c(-c2ccc(C)cc2)csc1NC(=O)C(C)Sc1cccc(NC(=O)c2ccc(C)cc2)c1. The highest BCUT2D eigenvalue weighted by atomic mass is 32.2. The van der Waals surface area contributed by atoms with Gasteiger partial charge in [0, 0.05) is 27.1 Å². The number of anilines is 2. The van der Waals surface area contributed by atoms with Crippen molar-refractivity contribution in [3.63, 3.8) is 0 Å². The van der Waals surface area contributed by atoms with Gasteiger partial charge in [-0.2, -0.15) is 0 Å². The van der Waals surface area contributed by atoms with E-state index in [4.69, 9.17) is 4.74 Å². The molecule has 2 amide bonds. The van der Waals surface area contributed by atoms with Gasteiger partial charge in [-0.3, -0.25) is 9.59 Å². The molecule has 3 aromatic carbocycles. The van der Waals surface area contributed by atoms with Gasteiger partial charge in [-0.1, -0.05) is 53.6 Å². The van der Waals surface area contributed by atoms with E-state index >= 15 is 0 Å². The molecule has 1 heterocycles. The van der Waals surface area contributed by atoms with Crippen LogP contribution in [0.1, 0.15) is 45.7 Å². The monoisotopic (exact) mass is 558 g/mol. The Morgan fingerprint density at radius 1 is 0.923 bits per heavy atom. The number of carbonyl (C=O) groups is 3. The summed E-state index contributed by atoms with van der Waals surface area (Å²) in [5, 5.41) is 7.70. The molecule has 0 aliphatic rings. The van der Waals surface area contributed by atoms with Gasteiger partial charge < -0.3 is 15.4 Å². The highest BCUT2D eigenvalue weighted by Gasteiger charge is 2.24. The molecule has 0 aliphatic heterocycles. The van der Waals surface area contributed by atoms with Gasteiger partial charge in [0.25, 0.3) is 5.91 Å². The third-order valence-corrected chi connectivity index (χ3v) is 7.95. The molecule has 4 aromatic rings. The van der Waals surface area contributed by atoms with Gasteiger partial charge in [0.15, 0.2) is 0 Å². The van der Waals surface area contributed by atoms with E-state index in [1.807, 2.05) is 79.9 Å². The van der Waals surface area contributed by atoms with Crippen LogP contribution in [0.5, 0.6) is 0 Å². The summed E-state index contributed by atoms with van der Waals surface area (Å²) in [5.41, 5.74) is 5.38. The van der Waals surface area contributed by atoms with Crippen LogP contribution in [0.25, 0.3) is 11.1 Å². The summed E-state index contributed by atoms with van der Waals surface area (Å²) in [6, 6.07) is 22.6. The number of nitrogens with one attached hydrogen (secondary N) is 2. The second-order valence-corrected chi connectivity index (χ2v) is 11.3. The second kappa shape index (κ2) is 12.8. The summed E-state index contributed by atoms with van der Waals surface area (Å²) >= 11 is 2.66. The van der Waals surface area contributed by atoms with Crippen molar-refractivity contribution < 1.29 is 19.1 Å². The Hall–Kier alpha value is -3.88. The van der Waals surface area contributed by atoms with Crippen molar-refractivity contribution in [1.82, 2.24) is 0 Å². The normalized spacial score (nSPS) is 11.5. The number of carbonyl (C=O) groups excluding carboxylic acids is 3. The largest absolute Gasteiger partial charge is 0.462 e. The van der Waals surface area contributed by atoms with Crippen LogP contribution in [0.15, 0.2) is 83.1 Å². The van der Waals surface area contributed by atoms with Crippen molar-refractivity contribution >= 4 is 51.6 Å². The summed E-state index contributed by atoms with van der Waals surface area (Å²) in [4.78, 5) is 39.5. The maximum Gasteiger partial charge on any atom is 0.341 e. The van der Waals surface area contributed by atoms with Crippen LogP contribution in [0.3, 0.4) is 0 Å². The molecule has 39 heavy (non-hydrogen) atoms.